The zero-order valence-electron chi connectivity index (χ0n) is 19.4. The lowest BCUT2D eigenvalue weighted by atomic mass is 9.66. The summed E-state index contributed by atoms with van der Waals surface area (Å²) in [4.78, 5) is 0. The molecular formula is C30H38. The van der Waals surface area contributed by atoms with E-state index in [0.29, 0.717) is 0 Å². The molecule has 0 heteroatoms. The highest BCUT2D eigenvalue weighted by atomic mass is 14.4. The summed E-state index contributed by atoms with van der Waals surface area (Å²) < 4.78 is 0. The summed E-state index contributed by atoms with van der Waals surface area (Å²) in [5.74, 6) is 0. The van der Waals surface area contributed by atoms with Crippen molar-refractivity contribution < 1.29 is 0 Å². The number of hydrogen-bond donors (Lipinski definition) is 0. The molecule has 0 atom stereocenters. The first-order valence-electron chi connectivity index (χ1n) is 12.1. The van der Waals surface area contributed by atoms with Gasteiger partial charge in [0.05, 0.1) is 0 Å². The summed E-state index contributed by atoms with van der Waals surface area (Å²) in [6, 6.07) is 22.2. The first-order valence-corrected chi connectivity index (χ1v) is 12.1. The fourth-order valence-corrected chi connectivity index (χ4v) is 4.89. The minimum atomic E-state index is 1.20. The van der Waals surface area contributed by atoms with E-state index < -0.39 is 0 Å². The summed E-state index contributed by atoms with van der Waals surface area (Å²) in [5.41, 5.74) is 12.2. The van der Waals surface area contributed by atoms with Crippen LogP contribution >= 0.6 is 0 Å². The lowest BCUT2D eigenvalue weighted by Crippen LogP contribution is -2.17. The molecule has 2 aromatic carbocycles. The summed E-state index contributed by atoms with van der Waals surface area (Å²) in [6.45, 7) is 9.28. The Balaban J connectivity index is 2.37. The van der Waals surface area contributed by atoms with Crippen LogP contribution in [0.25, 0.3) is 11.1 Å². The summed E-state index contributed by atoms with van der Waals surface area (Å²) in [7, 11) is 0. The Kier molecular flexibility index (Phi) is 8.31. The summed E-state index contributed by atoms with van der Waals surface area (Å²) in [6.07, 6.45) is 9.68. The minimum Gasteiger partial charge on any atom is -0.0651 e. The Hall–Kier alpha value is -2.34. The number of hydrogen-bond acceptors (Lipinski definition) is 0. The molecular weight excluding hydrogens is 360 g/mol. The molecule has 0 nitrogen and oxygen atoms in total. The van der Waals surface area contributed by atoms with Gasteiger partial charge in [0, 0.05) is 0 Å². The Morgan fingerprint density at radius 2 is 0.767 bits per heavy atom. The van der Waals surface area contributed by atoms with Gasteiger partial charge in [-0.25, -0.2) is 0 Å². The van der Waals surface area contributed by atoms with E-state index in [4.69, 9.17) is 0 Å². The maximum absolute atomic E-state index is 2.32. The number of benzene rings is 2. The van der Waals surface area contributed by atoms with Gasteiger partial charge in [0.15, 0.2) is 0 Å². The van der Waals surface area contributed by atoms with Crippen molar-refractivity contribution in [3.8, 4) is 0 Å². The van der Waals surface area contributed by atoms with E-state index in [1.165, 1.54) is 73.6 Å². The molecule has 0 unspecified atom stereocenters. The zero-order chi connectivity index (χ0) is 21.3. The third-order valence-electron chi connectivity index (χ3n) is 6.04. The van der Waals surface area contributed by atoms with E-state index >= 15 is 0 Å². The van der Waals surface area contributed by atoms with E-state index in [1.54, 1.807) is 22.3 Å². The molecule has 0 aromatic heterocycles. The average molecular weight is 399 g/mol. The third kappa shape index (κ3) is 4.69. The molecule has 30 heavy (non-hydrogen) atoms. The standard InChI is InChI=1S/C30H38/c1-5-15-23(16-6-2)27-28(24(17-7-3)18-8-4)30(26-21-13-10-14-22-26)29(27)25-19-11-9-12-20-25/h9-14,19-22H,5-8,15-18H2,1-4H3. The molecule has 0 amide bonds. The van der Waals surface area contributed by atoms with E-state index in [2.05, 4.69) is 88.4 Å². The molecule has 0 N–H and O–H groups in total. The highest BCUT2D eigenvalue weighted by molar-refractivity contribution is 6.19. The third-order valence-corrected chi connectivity index (χ3v) is 6.04. The lowest BCUT2D eigenvalue weighted by molar-refractivity contribution is 0.780. The fourth-order valence-electron chi connectivity index (χ4n) is 4.89. The molecule has 0 spiro atoms. The Labute approximate surface area is 184 Å². The maximum Gasteiger partial charge on any atom is -0.00208 e. The van der Waals surface area contributed by atoms with Crippen LogP contribution in [-0.2, 0) is 0 Å². The van der Waals surface area contributed by atoms with E-state index in [-0.39, 0.29) is 0 Å². The van der Waals surface area contributed by atoms with Crippen LogP contribution in [0.1, 0.15) is 90.2 Å². The molecule has 0 saturated carbocycles. The van der Waals surface area contributed by atoms with Gasteiger partial charge >= 0.3 is 0 Å². The topological polar surface area (TPSA) is 0 Å². The molecule has 0 saturated heterocycles. The van der Waals surface area contributed by atoms with Crippen LogP contribution in [0.2, 0.25) is 0 Å². The van der Waals surface area contributed by atoms with Crippen molar-refractivity contribution in [2.75, 3.05) is 0 Å². The van der Waals surface area contributed by atoms with Gasteiger partial charge in [-0.15, -0.1) is 0 Å². The molecule has 0 aliphatic heterocycles. The second kappa shape index (κ2) is 11.2. The van der Waals surface area contributed by atoms with Crippen molar-refractivity contribution in [2.24, 2.45) is 0 Å². The van der Waals surface area contributed by atoms with Gasteiger partial charge in [-0.05, 0) is 59.1 Å². The van der Waals surface area contributed by atoms with Crippen LogP contribution in [-0.4, -0.2) is 0 Å². The van der Waals surface area contributed by atoms with E-state index in [1.807, 2.05) is 0 Å². The van der Waals surface area contributed by atoms with Crippen molar-refractivity contribution in [1.82, 2.24) is 0 Å². The predicted octanol–water partition coefficient (Wildman–Crippen LogP) is 9.40. The van der Waals surface area contributed by atoms with Crippen molar-refractivity contribution in [3.63, 3.8) is 0 Å². The van der Waals surface area contributed by atoms with Crippen LogP contribution in [0, 0.1) is 0 Å². The predicted molar refractivity (Wildman–Crippen MR) is 133 cm³/mol. The van der Waals surface area contributed by atoms with Crippen molar-refractivity contribution in [2.45, 2.75) is 79.1 Å². The zero-order valence-corrected chi connectivity index (χ0v) is 19.4. The van der Waals surface area contributed by atoms with Crippen molar-refractivity contribution in [3.05, 3.63) is 94.1 Å². The largest absolute Gasteiger partial charge is 0.0651 e. The highest BCUT2D eigenvalue weighted by Gasteiger charge is 2.35. The molecule has 2 aromatic rings. The van der Waals surface area contributed by atoms with Crippen LogP contribution < -0.4 is 0 Å². The normalized spacial score (nSPS) is 13.5. The first kappa shape index (κ1) is 22.3. The van der Waals surface area contributed by atoms with Gasteiger partial charge in [0.1, 0.15) is 0 Å². The molecule has 0 fully saturated rings. The lowest BCUT2D eigenvalue weighted by Gasteiger charge is -2.37. The van der Waals surface area contributed by atoms with E-state index in [0.717, 1.165) is 0 Å². The first-order chi connectivity index (χ1) is 14.8. The van der Waals surface area contributed by atoms with E-state index in [9.17, 15) is 0 Å². The summed E-state index contributed by atoms with van der Waals surface area (Å²) >= 11 is 0. The SMILES string of the molecule is CCCC(CCC)=C1C(=C(CCC)CCC)C(c2ccccc2)=C1c1ccccc1. The van der Waals surface area contributed by atoms with Crippen LogP contribution in [0.4, 0.5) is 0 Å². The summed E-state index contributed by atoms with van der Waals surface area (Å²) in [5, 5.41) is 0. The van der Waals surface area contributed by atoms with Crippen molar-refractivity contribution >= 4 is 11.1 Å². The van der Waals surface area contributed by atoms with Crippen LogP contribution in [0.15, 0.2) is 83.0 Å². The minimum absolute atomic E-state index is 1.20. The van der Waals surface area contributed by atoms with Gasteiger partial charge < -0.3 is 0 Å². The number of allylic oxidation sites excluding steroid dienone is 6. The molecule has 1 aliphatic rings. The van der Waals surface area contributed by atoms with Gasteiger partial charge in [0.25, 0.3) is 0 Å². The van der Waals surface area contributed by atoms with Crippen LogP contribution in [0.5, 0.6) is 0 Å². The van der Waals surface area contributed by atoms with Gasteiger partial charge in [-0.1, -0.05) is 125 Å². The Morgan fingerprint density at radius 3 is 1.03 bits per heavy atom. The monoisotopic (exact) mass is 398 g/mol. The molecule has 0 bridgehead atoms. The smallest absolute Gasteiger partial charge is 0.00208 e. The molecule has 0 heterocycles. The fraction of sp³-hybridized carbons (Fsp3) is 0.400. The molecule has 158 valence electrons. The molecule has 0 radical (unpaired) electrons. The highest BCUT2D eigenvalue weighted by Crippen LogP contribution is 2.55. The molecule has 1 aliphatic carbocycles. The maximum atomic E-state index is 2.32. The van der Waals surface area contributed by atoms with Gasteiger partial charge in [-0.2, -0.15) is 0 Å². The molecule has 3 rings (SSSR count). The Morgan fingerprint density at radius 1 is 0.467 bits per heavy atom. The second-order valence-corrected chi connectivity index (χ2v) is 8.44. The van der Waals surface area contributed by atoms with Crippen LogP contribution in [0.3, 0.4) is 0 Å². The van der Waals surface area contributed by atoms with Gasteiger partial charge in [0.2, 0.25) is 0 Å². The number of rotatable bonds is 10. The average Bonchev–Trinajstić information content (AvgIpc) is 2.75. The quantitative estimate of drug-likeness (QED) is 0.374. The second-order valence-electron chi connectivity index (χ2n) is 8.44. The Bertz CT molecular complexity index is 814. The van der Waals surface area contributed by atoms with Crippen molar-refractivity contribution in [1.29, 1.82) is 0 Å². The van der Waals surface area contributed by atoms with Gasteiger partial charge in [-0.3, -0.25) is 0 Å².